The lowest BCUT2D eigenvalue weighted by atomic mass is 9.58. The van der Waals surface area contributed by atoms with E-state index < -0.39 is 0 Å². The topological polar surface area (TPSA) is 67.8 Å². The van der Waals surface area contributed by atoms with Crippen molar-refractivity contribution in [2.24, 2.45) is 28.6 Å². The van der Waals surface area contributed by atoms with Crippen LogP contribution in [0.25, 0.3) is 0 Å². The zero-order chi connectivity index (χ0) is 21.7. The van der Waals surface area contributed by atoms with E-state index in [4.69, 9.17) is 9.47 Å². The minimum Gasteiger partial charge on any atom is -0.504 e. The van der Waals surface area contributed by atoms with Gasteiger partial charge in [-0.05, 0) is 72.5 Å². The van der Waals surface area contributed by atoms with Crippen LogP contribution in [-0.2, 0) is 9.53 Å². The zero-order valence-electron chi connectivity index (χ0n) is 19.0. The number of hydrogen-bond donors (Lipinski definition) is 2. The SMILES string of the molecule is CCOc1cc([C@H]2OCC[C@@]34C[C@@H](C[C@H]23)C(C)(C)[C@H]4NC(=O)CC(C)C)ccc1O. The van der Waals surface area contributed by atoms with Crippen molar-refractivity contribution < 1.29 is 19.4 Å². The van der Waals surface area contributed by atoms with Crippen LogP contribution in [0.15, 0.2) is 18.2 Å². The Kier molecular flexibility index (Phi) is 5.54. The van der Waals surface area contributed by atoms with E-state index in [1.54, 1.807) is 6.07 Å². The van der Waals surface area contributed by atoms with Crippen LogP contribution in [0.2, 0.25) is 0 Å². The number of aromatic hydroxyl groups is 1. The van der Waals surface area contributed by atoms with Crippen LogP contribution >= 0.6 is 0 Å². The Labute approximate surface area is 180 Å². The molecule has 0 unspecified atom stereocenters. The number of carbonyl (C=O) groups is 1. The van der Waals surface area contributed by atoms with Crippen molar-refractivity contribution >= 4 is 5.91 Å². The second kappa shape index (κ2) is 7.74. The minimum absolute atomic E-state index is 0.0239. The van der Waals surface area contributed by atoms with Crippen molar-refractivity contribution in [1.29, 1.82) is 0 Å². The van der Waals surface area contributed by atoms with Crippen LogP contribution in [0.5, 0.6) is 11.5 Å². The van der Waals surface area contributed by atoms with E-state index in [0.29, 0.717) is 43.1 Å². The fraction of sp³-hybridized carbons (Fsp3) is 0.720. The third-order valence-electron chi connectivity index (χ3n) is 8.02. The van der Waals surface area contributed by atoms with Gasteiger partial charge in [-0.2, -0.15) is 0 Å². The van der Waals surface area contributed by atoms with E-state index in [-0.39, 0.29) is 34.6 Å². The van der Waals surface area contributed by atoms with Gasteiger partial charge >= 0.3 is 0 Å². The lowest BCUT2D eigenvalue weighted by Gasteiger charge is -2.53. The predicted octanol–water partition coefficient (Wildman–Crippen LogP) is 4.84. The first-order valence-electron chi connectivity index (χ1n) is 11.6. The molecule has 5 nitrogen and oxygen atoms in total. The first kappa shape index (κ1) is 21.5. The molecule has 5 heteroatoms. The van der Waals surface area contributed by atoms with Crippen molar-refractivity contribution in [3.8, 4) is 11.5 Å². The van der Waals surface area contributed by atoms with Crippen LogP contribution < -0.4 is 10.1 Å². The Hall–Kier alpha value is -1.75. The van der Waals surface area contributed by atoms with E-state index in [1.807, 2.05) is 19.1 Å². The molecular formula is C25H37NO4. The molecule has 5 atom stereocenters. The van der Waals surface area contributed by atoms with E-state index in [2.05, 4.69) is 33.0 Å². The smallest absolute Gasteiger partial charge is 0.220 e. The first-order valence-corrected chi connectivity index (χ1v) is 11.6. The van der Waals surface area contributed by atoms with Crippen LogP contribution in [-0.4, -0.2) is 30.3 Å². The Morgan fingerprint density at radius 1 is 1.37 bits per heavy atom. The van der Waals surface area contributed by atoms with Gasteiger partial charge in [0.1, 0.15) is 0 Å². The Balaban J connectivity index is 1.64. The minimum atomic E-state index is -0.0239. The number of fused-ring (bicyclic) bond motifs is 1. The summed E-state index contributed by atoms with van der Waals surface area (Å²) in [6, 6.07) is 5.79. The molecule has 3 fully saturated rings. The molecule has 1 amide bonds. The monoisotopic (exact) mass is 415 g/mol. The maximum Gasteiger partial charge on any atom is 0.220 e. The quantitative estimate of drug-likeness (QED) is 0.698. The highest BCUT2D eigenvalue weighted by molar-refractivity contribution is 5.76. The Morgan fingerprint density at radius 2 is 2.13 bits per heavy atom. The molecule has 3 aliphatic rings. The summed E-state index contributed by atoms with van der Waals surface area (Å²) in [5, 5.41) is 13.6. The summed E-state index contributed by atoms with van der Waals surface area (Å²) in [7, 11) is 0. The summed E-state index contributed by atoms with van der Waals surface area (Å²) >= 11 is 0. The van der Waals surface area contributed by atoms with Crippen molar-refractivity contribution in [1.82, 2.24) is 5.32 Å². The maximum absolute atomic E-state index is 12.8. The normalized spacial score (nSPS) is 34.1. The molecule has 0 aromatic heterocycles. The number of benzene rings is 1. The third kappa shape index (κ3) is 3.39. The number of carbonyl (C=O) groups excluding carboxylic acids is 1. The number of phenolic OH excluding ortho intramolecular Hbond substituents is 1. The number of hydrogen-bond acceptors (Lipinski definition) is 4. The highest BCUT2D eigenvalue weighted by Gasteiger charge is 2.68. The van der Waals surface area contributed by atoms with Gasteiger partial charge in [0.15, 0.2) is 11.5 Å². The van der Waals surface area contributed by atoms with Crippen LogP contribution in [0.4, 0.5) is 0 Å². The van der Waals surface area contributed by atoms with Gasteiger partial charge in [0.05, 0.1) is 12.7 Å². The molecule has 30 heavy (non-hydrogen) atoms. The largest absolute Gasteiger partial charge is 0.504 e. The summed E-state index contributed by atoms with van der Waals surface area (Å²) < 4.78 is 12.0. The lowest BCUT2D eigenvalue weighted by Crippen LogP contribution is -2.59. The van der Waals surface area contributed by atoms with Gasteiger partial charge in [-0.1, -0.05) is 33.8 Å². The fourth-order valence-corrected chi connectivity index (χ4v) is 6.69. The average Bonchev–Trinajstić information content (AvgIpc) is 3.16. The molecule has 1 heterocycles. The first-order chi connectivity index (χ1) is 14.2. The molecule has 1 aliphatic heterocycles. The second-order valence-corrected chi connectivity index (χ2v) is 10.6. The van der Waals surface area contributed by atoms with Crippen molar-refractivity contribution in [2.45, 2.75) is 72.4 Å². The summed E-state index contributed by atoms with van der Waals surface area (Å²) in [6.45, 7) is 12.0. The van der Waals surface area contributed by atoms with Crippen LogP contribution in [0.3, 0.4) is 0 Å². The molecule has 1 aromatic rings. The highest BCUT2D eigenvalue weighted by atomic mass is 16.5. The van der Waals surface area contributed by atoms with E-state index in [0.717, 1.165) is 24.8 Å². The zero-order valence-corrected chi connectivity index (χ0v) is 19.0. The fourth-order valence-electron chi connectivity index (χ4n) is 6.69. The van der Waals surface area contributed by atoms with Crippen LogP contribution in [0, 0.1) is 28.6 Å². The summed E-state index contributed by atoms with van der Waals surface area (Å²) in [5.41, 5.74) is 1.24. The van der Waals surface area contributed by atoms with Gasteiger partial charge in [-0.25, -0.2) is 0 Å². The molecule has 2 saturated carbocycles. The second-order valence-electron chi connectivity index (χ2n) is 10.6. The molecular weight excluding hydrogens is 378 g/mol. The summed E-state index contributed by atoms with van der Waals surface area (Å²) in [4.78, 5) is 12.8. The highest BCUT2D eigenvalue weighted by Crippen LogP contribution is 2.70. The Bertz CT molecular complexity index is 804. The molecule has 1 aromatic carbocycles. The number of rotatable bonds is 6. The van der Waals surface area contributed by atoms with Crippen molar-refractivity contribution in [2.75, 3.05) is 13.2 Å². The number of phenols is 1. The molecule has 1 spiro atoms. The van der Waals surface area contributed by atoms with E-state index in [1.165, 1.54) is 0 Å². The molecule has 2 bridgehead atoms. The molecule has 1 saturated heterocycles. The van der Waals surface area contributed by atoms with Gasteiger partial charge < -0.3 is 19.9 Å². The standard InChI is InChI=1S/C25H37NO4/c1-6-29-20-12-16(7-8-19(20)27)22-18-13-17-14-25(18,9-10-30-22)23(24(17,4)5)26-21(28)11-15(2)3/h7-8,12,15,17-18,22-23,27H,6,9-11,13-14H2,1-5H3,(H,26,28)/t17-,18-,22-,23-,25-/m1/s1. The number of nitrogens with one attached hydrogen (secondary N) is 1. The van der Waals surface area contributed by atoms with Gasteiger partial charge in [-0.3, -0.25) is 4.79 Å². The number of ether oxygens (including phenoxy) is 2. The lowest BCUT2D eigenvalue weighted by molar-refractivity contribution is -0.137. The Morgan fingerprint density at radius 3 is 2.83 bits per heavy atom. The van der Waals surface area contributed by atoms with Crippen LogP contribution in [0.1, 0.15) is 72.0 Å². The maximum atomic E-state index is 12.8. The molecule has 4 rings (SSSR count). The molecule has 2 N–H and O–H groups in total. The summed E-state index contributed by atoms with van der Waals surface area (Å²) in [5.74, 6) is 2.17. The van der Waals surface area contributed by atoms with Crippen molar-refractivity contribution in [3.63, 3.8) is 0 Å². The van der Waals surface area contributed by atoms with Gasteiger partial charge in [0.2, 0.25) is 5.91 Å². The van der Waals surface area contributed by atoms with Crippen molar-refractivity contribution in [3.05, 3.63) is 23.8 Å². The van der Waals surface area contributed by atoms with E-state index in [9.17, 15) is 9.90 Å². The predicted molar refractivity (Wildman–Crippen MR) is 116 cm³/mol. The van der Waals surface area contributed by atoms with Gasteiger partial charge in [0, 0.05) is 19.1 Å². The van der Waals surface area contributed by atoms with Gasteiger partial charge in [-0.15, -0.1) is 0 Å². The molecule has 2 aliphatic carbocycles. The summed E-state index contributed by atoms with van der Waals surface area (Å²) in [6.07, 6.45) is 3.83. The average molecular weight is 416 g/mol. The molecule has 166 valence electrons. The third-order valence-corrected chi connectivity index (χ3v) is 8.02. The molecule has 0 radical (unpaired) electrons. The van der Waals surface area contributed by atoms with Gasteiger partial charge in [0.25, 0.3) is 0 Å². The van der Waals surface area contributed by atoms with E-state index >= 15 is 0 Å². The number of amides is 1.